The van der Waals surface area contributed by atoms with Crippen LogP contribution >= 0.6 is 0 Å². The van der Waals surface area contributed by atoms with Crippen LogP contribution in [-0.4, -0.2) is 38.1 Å². The summed E-state index contributed by atoms with van der Waals surface area (Å²) < 4.78 is 0. The molecule has 1 saturated heterocycles. The number of hydrogen-bond acceptors (Lipinski definition) is 2. The van der Waals surface area contributed by atoms with Gasteiger partial charge in [0.05, 0.1) is 26.2 Å². The Morgan fingerprint density at radius 1 is 1.00 bits per heavy atom. The first-order valence-electron chi connectivity index (χ1n) is 9.08. The fraction of sp³-hybridized carbons (Fsp3) is 0.381. The number of carbonyl (C=O) groups is 1. The Bertz CT molecular complexity index is 701. The van der Waals surface area contributed by atoms with Crippen molar-refractivity contribution < 1.29 is 9.69 Å². The number of amides is 1. The Hall–Kier alpha value is -2.33. The molecule has 132 valence electrons. The molecule has 1 atom stereocenters. The van der Waals surface area contributed by atoms with Gasteiger partial charge in [0.15, 0.2) is 6.04 Å². The third-order valence-corrected chi connectivity index (χ3v) is 5.26. The van der Waals surface area contributed by atoms with Crippen molar-refractivity contribution in [2.45, 2.75) is 26.8 Å². The fourth-order valence-electron chi connectivity index (χ4n) is 3.55. The number of rotatable bonds is 4. The van der Waals surface area contributed by atoms with E-state index >= 15 is 0 Å². The lowest BCUT2D eigenvalue weighted by molar-refractivity contribution is -0.914. The minimum atomic E-state index is -0.0445. The van der Waals surface area contributed by atoms with Gasteiger partial charge in [0.2, 0.25) is 0 Å². The van der Waals surface area contributed by atoms with E-state index in [0.717, 1.165) is 43.0 Å². The molecule has 0 aliphatic carbocycles. The summed E-state index contributed by atoms with van der Waals surface area (Å²) in [4.78, 5) is 16.5. The highest BCUT2D eigenvalue weighted by Crippen LogP contribution is 2.19. The summed E-state index contributed by atoms with van der Waals surface area (Å²) in [7, 11) is 0. The molecule has 0 bridgehead atoms. The topological polar surface area (TPSA) is 36.8 Å². The van der Waals surface area contributed by atoms with Gasteiger partial charge in [-0.25, -0.2) is 0 Å². The van der Waals surface area contributed by atoms with Crippen LogP contribution in [0.3, 0.4) is 0 Å². The van der Waals surface area contributed by atoms with Gasteiger partial charge < -0.3 is 15.1 Å². The fourth-order valence-corrected chi connectivity index (χ4v) is 3.55. The van der Waals surface area contributed by atoms with Crippen molar-refractivity contribution in [2.24, 2.45) is 0 Å². The molecule has 4 heteroatoms. The van der Waals surface area contributed by atoms with Crippen LogP contribution in [-0.2, 0) is 4.79 Å². The third-order valence-electron chi connectivity index (χ3n) is 5.26. The minimum Gasteiger partial charge on any atom is -0.360 e. The van der Waals surface area contributed by atoms with Crippen molar-refractivity contribution in [1.82, 2.24) is 0 Å². The standard InChI is InChI=1S/C21H27N3O/c1-16-8-7-9-17(2)20(16)22-21(25)18(3)23-12-14-24(15-13-23)19-10-5-4-6-11-19/h4-11,18H,12-15H2,1-3H3,(H,22,25)/p+1/t18-/m0/s1. The molecule has 3 rings (SSSR count). The van der Waals surface area contributed by atoms with E-state index in [-0.39, 0.29) is 11.9 Å². The number of para-hydroxylation sites is 2. The largest absolute Gasteiger partial charge is 0.360 e. The van der Waals surface area contributed by atoms with E-state index in [0.29, 0.717) is 0 Å². The molecule has 0 saturated carbocycles. The van der Waals surface area contributed by atoms with Gasteiger partial charge in [-0.2, -0.15) is 0 Å². The molecule has 0 aromatic heterocycles. The van der Waals surface area contributed by atoms with Crippen molar-refractivity contribution in [3.05, 3.63) is 59.7 Å². The van der Waals surface area contributed by atoms with Gasteiger partial charge in [0, 0.05) is 11.4 Å². The molecule has 1 aliphatic rings. The molecule has 2 aromatic rings. The van der Waals surface area contributed by atoms with Gasteiger partial charge in [0.1, 0.15) is 0 Å². The first kappa shape index (κ1) is 17.5. The SMILES string of the molecule is Cc1cccc(C)c1NC(=O)[C@H](C)[NH+]1CCN(c2ccccc2)CC1. The second-order valence-corrected chi connectivity index (χ2v) is 6.96. The van der Waals surface area contributed by atoms with Crippen molar-refractivity contribution >= 4 is 17.3 Å². The van der Waals surface area contributed by atoms with Crippen LogP contribution < -0.4 is 15.1 Å². The number of quaternary nitrogens is 1. The van der Waals surface area contributed by atoms with Gasteiger partial charge >= 0.3 is 0 Å². The lowest BCUT2D eigenvalue weighted by atomic mass is 10.1. The molecule has 1 heterocycles. The van der Waals surface area contributed by atoms with E-state index in [2.05, 4.69) is 34.5 Å². The summed E-state index contributed by atoms with van der Waals surface area (Å²) >= 11 is 0. The highest BCUT2D eigenvalue weighted by molar-refractivity contribution is 5.95. The van der Waals surface area contributed by atoms with Crippen LogP contribution in [0.15, 0.2) is 48.5 Å². The zero-order valence-corrected chi connectivity index (χ0v) is 15.4. The highest BCUT2D eigenvalue weighted by Gasteiger charge is 2.29. The molecule has 2 aromatic carbocycles. The van der Waals surface area contributed by atoms with Crippen LogP contribution in [0.25, 0.3) is 0 Å². The van der Waals surface area contributed by atoms with Crippen LogP contribution in [0.1, 0.15) is 18.1 Å². The van der Waals surface area contributed by atoms with Gasteiger partial charge in [-0.05, 0) is 44.0 Å². The molecule has 0 spiro atoms. The molecule has 2 N–H and O–H groups in total. The van der Waals surface area contributed by atoms with E-state index in [9.17, 15) is 4.79 Å². The Labute approximate surface area is 150 Å². The van der Waals surface area contributed by atoms with Gasteiger partial charge in [0.25, 0.3) is 5.91 Å². The van der Waals surface area contributed by atoms with Crippen molar-refractivity contribution in [1.29, 1.82) is 0 Å². The van der Waals surface area contributed by atoms with Crippen molar-refractivity contribution in [3.8, 4) is 0 Å². The number of aryl methyl sites for hydroxylation is 2. The van der Waals surface area contributed by atoms with Crippen LogP contribution in [0.2, 0.25) is 0 Å². The van der Waals surface area contributed by atoms with Crippen LogP contribution in [0, 0.1) is 13.8 Å². The molecule has 1 aliphatic heterocycles. The first-order valence-corrected chi connectivity index (χ1v) is 9.08. The molecule has 1 fully saturated rings. The molecular formula is C21H28N3O+. The summed E-state index contributed by atoms with van der Waals surface area (Å²) in [6, 6.07) is 16.6. The number of hydrogen-bond donors (Lipinski definition) is 2. The zero-order chi connectivity index (χ0) is 17.8. The highest BCUT2D eigenvalue weighted by atomic mass is 16.2. The van der Waals surface area contributed by atoms with Crippen LogP contribution in [0.4, 0.5) is 11.4 Å². The predicted octanol–water partition coefficient (Wildman–Crippen LogP) is 2.04. The average Bonchev–Trinajstić information content (AvgIpc) is 2.65. The van der Waals surface area contributed by atoms with Gasteiger partial charge in [-0.15, -0.1) is 0 Å². The lowest BCUT2D eigenvalue weighted by Crippen LogP contribution is -3.19. The number of nitrogens with zero attached hydrogens (tertiary/aromatic N) is 1. The van der Waals surface area contributed by atoms with E-state index in [4.69, 9.17) is 0 Å². The molecule has 4 nitrogen and oxygen atoms in total. The summed E-state index contributed by atoms with van der Waals surface area (Å²) in [6.07, 6.45) is 0. The zero-order valence-electron chi connectivity index (χ0n) is 15.4. The van der Waals surface area contributed by atoms with Gasteiger partial charge in [-0.1, -0.05) is 36.4 Å². The molecule has 0 radical (unpaired) electrons. The Morgan fingerprint density at radius 2 is 1.60 bits per heavy atom. The lowest BCUT2D eigenvalue weighted by Gasteiger charge is -2.36. The second-order valence-electron chi connectivity index (χ2n) is 6.96. The third kappa shape index (κ3) is 4.02. The van der Waals surface area contributed by atoms with E-state index in [1.54, 1.807) is 0 Å². The Morgan fingerprint density at radius 3 is 2.20 bits per heavy atom. The summed E-state index contributed by atoms with van der Waals surface area (Å²) in [5, 5.41) is 3.15. The van der Waals surface area contributed by atoms with Gasteiger partial charge in [-0.3, -0.25) is 4.79 Å². The molecule has 1 amide bonds. The number of anilines is 2. The minimum absolute atomic E-state index is 0.0445. The average molecular weight is 338 g/mol. The van der Waals surface area contributed by atoms with Crippen LogP contribution in [0.5, 0.6) is 0 Å². The molecule has 0 unspecified atom stereocenters. The Kier molecular flexibility index (Phi) is 5.39. The predicted molar refractivity (Wildman–Crippen MR) is 103 cm³/mol. The van der Waals surface area contributed by atoms with E-state index in [1.165, 1.54) is 10.6 Å². The summed E-state index contributed by atoms with van der Waals surface area (Å²) in [5.41, 5.74) is 4.46. The Balaban J connectivity index is 1.59. The number of carbonyl (C=O) groups excluding carboxylic acids is 1. The van der Waals surface area contributed by atoms with Crippen molar-refractivity contribution in [2.75, 3.05) is 36.4 Å². The summed E-state index contributed by atoms with van der Waals surface area (Å²) in [5.74, 6) is 0.112. The maximum absolute atomic E-state index is 12.7. The van der Waals surface area contributed by atoms with E-state index in [1.807, 2.05) is 45.0 Å². The smallest absolute Gasteiger partial charge is 0.282 e. The first-order chi connectivity index (χ1) is 12.1. The maximum Gasteiger partial charge on any atom is 0.282 e. The monoisotopic (exact) mass is 338 g/mol. The number of piperazine rings is 1. The summed E-state index contributed by atoms with van der Waals surface area (Å²) in [6.45, 7) is 10.1. The van der Waals surface area contributed by atoms with E-state index < -0.39 is 0 Å². The normalized spacial score (nSPS) is 16.5. The maximum atomic E-state index is 12.7. The quantitative estimate of drug-likeness (QED) is 0.895. The number of nitrogens with one attached hydrogen (secondary N) is 2. The molecular weight excluding hydrogens is 310 g/mol. The number of benzene rings is 2. The van der Waals surface area contributed by atoms with Crippen molar-refractivity contribution in [3.63, 3.8) is 0 Å². The molecule has 25 heavy (non-hydrogen) atoms. The second kappa shape index (κ2) is 7.70.